The van der Waals surface area contributed by atoms with Crippen molar-refractivity contribution in [1.82, 2.24) is 0 Å². The highest BCUT2D eigenvalue weighted by Crippen LogP contribution is 2.31. The molecule has 0 fully saturated rings. The molecule has 0 radical (unpaired) electrons. The van der Waals surface area contributed by atoms with Crippen LogP contribution >= 0.6 is 11.3 Å². The van der Waals surface area contributed by atoms with Crippen LogP contribution < -0.4 is 5.32 Å². The van der Waals surface area contributed by atoms with Crippen molar-refractivity contribution in [2.45, 2.75) is 12.3 Å². The molecule has 0 amide bonds. The van der Waals surface area contributed by atoms with Crippen LogP contribution in [0.4, 0.5) is 15.1 Å². The molecule has 1 N–H and O–H groups in total. The molecule has 0 aliphatic carbocycles. The molecule has 118 valence electrons. The van der Waals surface area contributed by atoms with Crippen molar-refractivity contribution in [1.29, 1.82) is 0 Å². The monoisotopic (exact) mass is 344 g/mol. The maximum absolute atomic E-state index is 13.4. The number of nitrogens with one attached hydrogen (secondary N) is 1. The summed E-state index contributed by atoms with van der Waals surface area (Å²) in [5.41, 5.74) is 0.856. The molecule has 22 heavy (non-hydrogen) atoms. The molecular weight excluding hydrogens is 331 g/mol. The van der Waals surface area contributed by atoms with Crippen molar-refractivity contribution >= 4 is 31.9 Å². The van der Waals surface area contributed by atoms with E-state index in [1.54, 1.807) is 5.38 Å². The summed E-state index contributed by atoms with van der Waals surface area (Å²) in [5.74, 6) is -0.702. The van der Waals surface area contributed by atoms with Gasteiger partial charge in [0.25, 0.3) is 0 Å². The van der Waals surface area contributed by atoms with Gasteiger partial charge in [-0.25, -0.2) is 12.8 Å². The Labute approximate surface area is 130 Å². The highest BCUT2D eigenvalue weighted by atomic mass is 32.2. The molecule has 0 saturated carbocycles. The number of hydrogen-bond acceptors (Lipinski definition) is 6. The number of rotatable bonds is 6. The molecule has 1 aromatic carbocycles. The smallest absolute Gasteiger partial charge is 0.303 e. The minimum absolute atomic E-state index is 0.0638. The lowest BCUT2D eigenvalue weighted by molar-refractivity contribution is -0.383. The number of anilines is 1. The van der Waals surface area contributed by atoms with E-state index in [2.05, 4.69) is 5.32 Å². The van der Waals surface area contributed by atoms with E-state index < -0.39 is 20.6 Å². The molecule has 9 heteroatoms. The second kappa shape index (κ2) is 6.41. The fraction of sp³-hybridized carbons (Fsp3) is 0.231. The van der Waals surface area contributed by atoms with Gasteiger partial charge in [-0.2, -0.15) is 0 Å². The maximum Gasteiger partial charge on any atom is 0.303 e. The van der Waals surface area contributed by atoms with Gasteiger partial charge in [-0.1, -0.05) is 6.07 Å². The first kappa shape index (κ1) is 16.4. The Balaban J connectivity index is 2.23. The number of halogens is 1. The summed E-state index contributed by atoms with van der Waals surface area (Å²) in [6.45, 7) is 0.101. The van der Waals surface area contributed by atoms with Crippen LogP contribution in [0, 0.1) is 15.9 Å². The van der Waals surface area contributed by atoms with Crippen molar-refractivity contribution in [3.05, 3.63) is 56.7 Å². The van der Waals surface area contributed by atoms with E-state index in [1.807, 2.05) is 0 Å². The summed E-state index contributed by atoms with van der Waals surface area (Å²) in [5, 5.41) is 15.6. The molecule has 1 heterocycles. The van der Waals surface area contributed by atoms with Gasteiger partial charge in [0.2, 0.25) is 0 Å². The number of nitro groups is 1. The van der Waals surface area contributed by atoms with Crippen LogP contribution in [0.5, 0.6) is 0 Å². The number of thiophene rings is 1. The van der Waals surface area contributed by atoms with Crippen LogP contribution in [-0.4, -0.2) is 19.6 Å². The summed E-state index contributed by atoms with van der Waals surface area (Å²) in [4.78, 5) is 10.3. The van der Waals surface area contributed by atoms with E-state index in [1.165, 1.54) is 24.3 Å². The van der Waals surface area contributed by atoms with Crippen molar-refractivity contribution < 1.29 is 17.7 Å². The molecule has 0 bridgehead atoms. The summed E-state index contributed by atoms with van der Waals surface area (Å²) in [6, 6.07) is 5.21. The largest absolute Gasteiger partial charge is 0.367 e. The number of hydrogen-bond donors (Lipinski definition) is 1. The SMILES string of the molecule is CS(=O)(=O)Cc1ccc(F)cc1CNc1sccc1[N+](=O)[O-]. The minimum atomic E-state index is -3.26. The van der Waals surface area contributed by atoms with Gasteiger partial charge in [-0.3, -0.25) is 10.1 Å². The van der Waals surface area contributed by atoms with Crippen molar-refractivity contribution in [3.8, 4) is 0 Å². The average Bonchev–Trinajstić information content (AvgIpc) is 2.86. The van der Waals surface area contributed by atoms with E-state index >= 15 is 0 Å². The highest BCUT2D eigenvalue weighted by Gasteiger charge is 2.16. The molecule has 0 saturated heterocycles. The standard InChI is InChI=1S/C13H13FN2O4S2/c1-22(19,20)8-9-2-3-11(14)6-10(9)7-15-13-12(16(17)18)4-5-21-13/h2-6,15H,7-8H2,1H3. The van der Waals surface area contributed by atoms with Crippen LogP contribution in [0.3, 0.4) is 0 Å². The van der Waals surface area contributed by atoms with Gasteiger partial charge in [0.1, 0.15) is 5.82 Å². The first-order chi connectivity index (χ1) is 10.3. The highest BCUT2D eigenvalue weighted by molar-refractivity contribution is 7.89. The lowest BCUT2D eigenvalue weighted by atomic mass is 10.1. The summed E-state index contributed by atoms with van der Waals surface area (Å²) in [6.07, 6.45) is 1.09. The minimum Gasteiger partial charge on any atom is -0.367 e. The van der Waals surface area contributed by atoms with Gasteiger partial charge in [0.15, 0.2) is 14.8 Å². The molecule has 6 nitrogen and oxygen atoms in total. The average molecular weight is 344 g/mol. The molecule has 1 aromatic heterocycles. The number of nitrogens with zero attached hydrogens (tertiary/aromatic N) is 1. The zero-order valence-corrected chi connectivity index (χ0v) is 13.2. The van der Waals surface area contributed by atoms with Gasteiger partial charge in [-0.05, 0) is 28.6 Å². The van der Waals surface area contributed by atoms with Crippen LogP contribution in [-0.2, 0) is 22.1 Å². The first-order valence-corrected chi connectivity index (χ1v) is 9.11. The van der Waals surface area contributed by atoms with E-state index in [9.17, 15) is 22.9 Å². The Bertz CT molecular complexity index is 802. The third-order valence-electron chi connectivity index (χ3n) is 2.87. The topological polar surface area (TPSA) is 89.3 Å². The van der Waals surface area contributed by atoms with E-state index in [0.29, 0.717) is 16.1 Å². The Morgan fingerprint density at radius 3 is 2.68 bits per heavy atom. The zero-order chi connectivity index (χ0) is 16.3. The zero-order valence-electron chi connectivity index (χ0n) is 11.6. The van der Waals surface area contributed by atoms with Crippen molar-refractivity contribution in [2.24, 2.45) is 0 Å². The molecule has 0 atom stereocenters. The Morgan fingerprint density at radius 1 is 1.32 bits per heavy atom. The molecule has 0 unspecified atom stereocenters. The predicted octanol–water partition coefficient (Wildman–Crippen LogP) is 2.95. The van der Waals surface area contributed by atoms with Gasteiger partial charge < -0.3 is 5.32 Å². The van der Waals surface area contributed by atoms with E-state index in [0.717, 1.165) is 17.6 Å². The Morgan fingerprint density at radius 2 is 2.05 bits per heavy atom. The lowest BCUT2D eigenvalue weighted by Crippen LogP contribution is -2.08. The van der Waals surface area contributed by atoms with Gasteiger partial charge in [0, 0.05) is 18.9 Å². The van der Waals surface area contributed by atoms with Crippen LogP contribution in [0.15, 0.2) is 29.6 Å². The molecule has 0 aliphatic rings. The quantitative estimate of drug-likeness (QED) is 0.643. The van der Waals surface area contributed by atoms with E-state index in [-0.39, 0.29) is 18.0 Å². The van der Waals surface area contributed by atoms with Gasteiger partial charge in [0.05, 0.1) is 10.7 Å². The third-order valence-corrected chi connectivity index (χ3v) is 4.56. The fourth-order valence-corrected chi connectivity index (χ4v) is 3.53. The van der Waals surface area contributed by atoms with Gasteiger partial charge in [-0.15, -0.1) is 11.3 Å². The summed E-state index contributed by atoms with van der Waals surface area (Å²) < 4.78 is 36.2. The molecular formula is C13H13FN2O4S2. The van der Waals surface area contributed by atoms with Crippen LogP contribution in [0.1, 0.15) is 11.1 Å². The molecule has 0 spiro atoms. The fourth-order valence-electron chi connectivity index (χ4n) is 1.94. The van der Waals surface area contributed by atoms with Gasteiger partial charge >= 0.3 is 5.69 Å². The Hall–Kier alpha value is -2.00. The van der Waals surface area contributed by atoms with Crippen LogP contribution in [0.2, 0.25) is 0 Å². The second-order valence-corrected chi connectivity index (χ2v) is 7.79. The summed E-state index contributed by atoms with van der Waals surface area (Å²) >= 11 is 1.16. The lowest BCUT2D eigenvalue weighted by Gasteiger charge is -2.10. The van der Waals surface area contributed by atoms with Crippen LogP contribution in [0.25, 0.3) is 0 Å². The maximum atomic E-state index is 13.4. The molecule has 2 rings (SSSR count). The first-order valence-electron chi connectivity index (χ1n) is 6.17. The van der Waals surface area contributed by atoms with Crippen molar-refractivity contribution in [2.75, 3.05) is 11.6 Å². The second-order valence-electron chi connectivity index (χ2n) is 4.73. The molecule has 0 aliphatic heterocycles. The number of sulfone groups is 1. The summed E-state index contributed by atoms with van der Waals surface area (Å²) in [7, 11) is -3.26. The predicted molar refractivity (Wildman–Crippen MR) is 83.2 cm³/mol. The van der Waals surface area contributed by atoms with Crippen molar-refractivity contribution in [3.63, 3.8) is 0 Å². The Kier molecular flexibility index (Phi) is 4.77. The molecule has 2 aromatic rings. The third kappa shape index (κ3) is 4.25. The van der Waals surface area contributed by atoms with E-state index in [4.69, 9.17) is 0 Å². The normalized spacial score (nSPS) is 11.4. The number of benzene rings is 1.